The topological polar surface area (TPSA) is 74.0 Å². The van der Waals surface area contributed by atoms with Crippen molar-refractivity contribution in [2.45, 2.75) is 19.8 Å². The Hall–Kier alpha value is -2.03. The third-order valence-corrected chi connectivity index (χ3v) is 2.08. The molecular formula is C10H8F2N2O2. The van der Waals surface area contributed by atoms with Crippen LogP contribution >= 0.6 is 0 Å². The molecule has 0 atom stereocenters. The van der Waals surface area contributed by atoms with Crippen molar-refractivity contribution in [3.63, 3.8) is 0 Å². The third-order valence-electron chi connectivity index (χ3n) is 2.08. The molecule has 1 N–H and O–H groups in total. The number of nitriles is 1. The number of halogens is 2. The smallest absolute Gasteiger partial charge is 0.307 e. The molecule has 1 rings (SSSR count). The Balaban J connectivity index is 3.39. The molecule has 16 heavy (non-hydrogen) atoms. The van der Waals surface area contributed by atoms with Gasteiger partial charge in [-0.2, -0.15) is 5.26 Å². The van der Waals surface area contributed by atoms with Crippen LogP contribution in [0.3, 0.4) is 0 Å². The van der Waals surface area contributed by atoms with Gasteiger partial charge in [-0.25, -0.2) is 8.78 Å². The van der Waals surface area contributed by atoms with E-state index in [1.54, 1.807) is 6.07 Å². The average molecular weight is 226 g/mol. The summed E-state index contributed by atoms with van der Waals surface area (Å²) in [5.74, 6) is -1.17. The Bertz CT molecular complexity index is 467. The highest BCUT2D eigenvalue weighted by atomic mass is 19.3. The van der Waals surface area contributed by atoms with E-state index < -0.39 is 24.5 Å². The quantitative estimate of drug-likeness (QED) is 0.853. The molecule has 0 saturated heterocycles. The molecule has 0 radical (unpaired) electrons. The van der Waals surface area contributed by atoms with Gasteiger partial charge in [0.05, 0.1) is 12.0 Å². The highest BCUT2D eigenvalue weighted by molar-refractivity contribution is 5.72. The molecule has 0 aliphatic rings. The minimum absolute atomic E-state index is 0.0975. The first-order chi connectivity index (χ1) is 7.47. The van der Waals surface area contributed by atoms with Crippen molar-refractivity contribution in [2.24, 2.45) is 0 Å². The molecule has 84 valence electrons. The number of aliphatic carboxylic acids is 1. The molecule has 0 unspecified atom stereocenters. The van der Waals surface area contributed by atoms with Crippen LogP contribution in [0.1, 0.15) is 28.8 Å². The van der Waals surface area contributed by atoms with E-state index in [0.29, 0.717) is 5.56 Å². The zero-order chi connectivity index (χ0) is 12.3. The maximum absolute atomic E-state index is 12.5. The molecule has 0 aliphatic carbocycles. The van der Waals surface area contributed by atoms with Crippen molar-refractivity contribution in [3.05, 3.63) is 28.6 Å². The second kappa shape index (κ2) is 4.66. The van der Waals surface area contributed by atoms with E-state index in [2.05, 4.69) is 4.98 Å². The Kier molecular flexibility index (Phi) is 3.51. The number of aryl methyl sites for hydroxylation is 1. The molecule has 0 amide bonds. The number of carboxylic acid groups (broad SMARTS) is 1. The van der Waals surface area contributed by atoms with Crippen LogP contribution in [0.25, 0.3) is 0 Å². The van der Waals surface area contributed by atoms with Gasteiger partial charge in [-0.3, -0.25) is 9.78 Å². The molecule has 6 heteroatoms. The number of nitrogens with zero attached hydrogens (tertiary/aromatic N) is 2. The Morgan fingerprint density at radius 1 is 1.69 bits per heavy atom. The number of carbonyl (C=O) groups is 1. The summed E-state index contributed by atoms with van der Waals surface area (Å²) in [6.07, 6.45) is -2.19. The average Bonchev–Trinajstić information content (AvgIpc) is 2.19. The predicted octanol–water partition coefficient (Wildman–Crippen LogP) is 1.83. The molecule has 0 saturated carbocycles. The van der Waals surface area contributed by atoms with E-state index in [4.69, 9.17) is 10.4 Å². The van der Waals surface area contributed by atoms with Crippen molar-refractivity contribution in [1.29, 1.82) is 5.26 Å². The highest BCUT2D eigenvalue weighted by Crippen LogP contribution is 2.25. The number of hydrogen-bond acceptors (Lipinski definition) is 3. The van der Waals surface area contributed by atoms with E-state index >= 15 is 0 Å². The minimum Gasteiger partial charge on any atom is -0.481 e. The summed E-state index contributed by atoms with van der Waals surface area (Å²) in [6.45, 7) is 1.53. The molecule has 0 aliphatic heterocycles. The molecule has 1 aromatic heterocycles. The summed E-state index contributed by atoms with van der Waals surface area (Å²) in [4.78, 5) is 14.0. The normalized spacial score (nSPS) is 10.2. The second-order valence-electron chi connectivity index (χ2n) is 3.16. The largest absolute Gasteiger partial charge is 0.481 e. The summed E-state index contributed by atoms with van der Waals surface area (Å²) >= 11 is 0. The summed E-state index contributed by atoms with van der Waals surface area (Å²) in [6, 6.07) is 1.59. The fraction of sp³-hybridized carbons (Fsp3) is 0.300. The van der Waals surface area contributed by atoms with Crippen LogP contribution < -0.4 is 0 Å². The molecule has 0 aromatic carbocycles. The predicted molar refractivity (Wildman–Crippen MR) is 50.0 cm³/mol. The van der Waals surface area contributed by atoms with E-state index in [1.165, 1.54) is 6.92 Å². The Morgan fingerprint density at radius 2 is 2.31 bits per heavy atom. The summed E-state index contributed by atoms with van der Waals surface area (Å²) in [5, 5.41) is 17.4. The van der Waals surface area contributed by atoms with Crippen LogP contribution in [0.2, 0.25) is 0 Å². The minimum atomic E-state index is -2.89. The Morgan fingerprint density at radius 3 is 2.75 bits per heavy atom. The fourth-order valence-electron chi connectivity index (χ4n) is 1.33. The van der Waals surface area contributed by atoms with Gasteiger partial charge in [-0.15, -0.1) is 0 Å². The molecular weight excluding hydrogens is 218 g/mol. The number of alkyl halides is 2. The van der Waals surface area contributed by atoms with Gasteiger partial charge in [0.25, 0.3) is 6.43 Å². The van der Waals surface area contributed by atoms with Gasteiger partial charge in [0.1, 0.15) is 11.8 Å². The molecule has 0 bridgehead atoms. The van der Waals surface area contributed by atoms with Crippen LogP contribution in [0.5, 0.6) is 0 Å². The van der Waals surface area contributed by atoms with Gasteiger partial charge >= 0.3 is 5.97 Å². The zero-order valence-electron chi connectivity index (χ0n) is 8.37. The second-order valence-corrected chi connectivity index (χ2v) is 3.16. The van der Waals surface area contributed by atoms with Gasteiger partial charge in [0.2, 0.25) is 0 Å². The van der Waals surface area contributed by atoms with Crippen LogP contribution in [-0.2, 0) is 11.2 Å². The highest BCUT2D eigenvalue weighted by Gasteiger charge is 2.20. The van der Waals surface area contributed by atoms with Crippen molar-refractivity contribution in [3.8, 4) is 6.07 Å². The first-order valence-electron chi connectivity index (χ1n) is 4.35. The van der Waals surface area contributed by atoms with Gasteiger partial charge in [0.15, 0.2) is 0 Å². The van der Waals surface area contributed by atoms with Crippen molar-refractivity contribution < 1.29 is 18.7 Å². The van der Waals surface area contributed by atoms with Gasteiger partial charge in [0, 0.05) is 6.20 Å². The fourth-order valence-corrected chi connectivity index (χ4v) is 1.33. The maximum atomic E-state index is 12.5. The van der Waals surface area contributed by atoms with Crippen LogP contribution in [0.4, 0.5) is 8.78 Å². The summed E-state index contributed by atoms with van der Waals surface area (Å²) < 4.78 is 25.0. The molecule has 1 heterocycles. The van der Waals surface area contributed by atoms with Crippen LogP contribution in [-0.4, -0.2) is 16.1 Å². The maximum Gasteiger partial charge on any atom is 0.307 e. The molecule has 4 nitrogen and oxygen atoms in total. The SMILES string of the molecule is Cc1cnc(C(F)F)c(C#N)c1CC(=O)O. The summed E-state index contributed by atoms with van der Waals surface area (Å²) in [5.41, 5.74) is -0.481. The van der Waals surface area contributed by atoms with E-state index in [1.807, 2.05) is 0 Å². The standard InChI is InChI=1S/C10H8F2N2O2/c1-5-4-14-9(10(11)12)7(3-13)6(5)2-8(15)16/h4,10H,2H2,1H3,(H,15,16). The molecule has 0 spiro atoms. The number of hydrogen-bond donors (Lipinski definition) is 1. The third kappa shape index (κ3) is 2.31. The Labute approximate surface area is 90.2 Å². The lowest BCUT2D eigenvalue weighted by atomic mass is 10.00. The van der Waals surface area contributed by atoms with Gasteiger partial charge < -0.3 is 5.11 Å². The lowest BCUT2D eigenvalue weighted by Crippen LogP contribution is -2.08. The summed E-state index contributed by atoms with van der Waals surface area (Å²) in [7, 11) is 0. The van der Waals surface area contributed by atoms with Crippen molar-refractivity contribution >= 4 is 5.97 Å². The van der Waals surface area contributed by atoms with Crippen LogP contribution in [0, 0.1) is 18.3 Å². The zero-order valence-corrected chi connectivity index (χ0v) is 8.37. The van der Waals surface area contributed by atoms with E-state index in [9.17, 15) is 13.6 Å². The van der Waals surface area contributed by atoms with E-state index in [-0.39, 0.29) is 11.1 Å². The number of rotatable bonds is 3. The number of carboxylic acids is 1. The molecule has 1 aromatic rings. The number of pyridine rings is 1. The van der Waals surface area contributed by atoms with Gasteiger partial charge in [-0.05, 0) is 18.1 Å². The lowest BCUT2D eigenvalue weighted by molar-refractivity contribution is -0.136. The monoisotopic (exact) mass is 226 g/mol. The lowest BCUT2D eigenvalue weighted by Gasteiger charge is -2.09. The van der Waals surface area contributed by atoms with Crippen molar-refractivity contribution in [2.75, 3.05) is 0 Å². The number of aromatic nitrogens is 1. The van der Waals surface area contributed by atoms with Gasteiger partial charge in [-0.1, -0.05) is 0 Å². The van der Waals surface area contributed by atoms with Crippen molar-refractivity contribution in [1.82, 2.24) is 4.98 Å². The first-order valence-corrected chi connectivity index (χ1v) is 4.35. The van der Waals surface area contributed by atoms with E-state index in [0.717, 1.165) is 6.20 Å². The van der Waals surface area contributed by atoms with Crippen LogP contribution in [0.15, 0.2) is 6.20 Å². The first kappa shape index (κ1) is 12.0. The molecule has 0 fully saturated rings.